The summed E-state index contributed by atoms with van der Waals surface area (Å²) in [4.78, 5) is 0. The van der Waals surface area contributed by atoms with Crippen molar-refractivity contribution >= 4 is 0 Å². The van der Waals surface area contributed by atoms with Crippen molar-refractivity contribution in [2.75, 3.05) is 52.5 Å². The number of nitrogens with zero attached hydrogens (tertiary/aromatic N) is 2. The molecule has 0 unspecified atom stereocenters. The molecule has 17 heavy (non-hydrogen) atoms. The van der Waals surface area contributed by atoms with Crippen LogP contribution in [0, 0.1) is 0 Å². The van der Waals surface area contributed by atoms with Gasteiger partial charge in [-0.2, -0.15) is 0 Å². The molecule has 0 bridgehead atoms. The molecule has 0 spiro atoms. The quantitative estimate of drug-likeness (QED) is 0.462. The second-order valence-electron chi connectivity index (χ2n) is 5.26. The van der Waals surface area contributed by atoms with Crippen LogP contribution in [0.3, 0.4) is 0 Å². The van der Waals surface area contributed by atoms with Crippen molar-refractivity contribution in [2.24, 2.45) is 0 Å². The SMILES string of the molecule is CCC[N+](CC)(CC)C[N+](CC)(CC)CCO. The van der Waals surface area contributed by atoms with E-state index >= 15 is 0 Å². The van der Waals surface area contributed by atoms with E-state index in [4.69, 9.17) is 0 Å². The zero-order valence-corrected chi connectivity index (χ0v) is 12.7. The van der Waals surface area contributed by atoms with Gasteiger partial charge < -0.3 is 5.11 Å². The Morgan fingerprint density at radius 3 is 1.41 bits per heavy atom. The number of hydrogen-bond donors (Lipinski definition) is 1. The molecule has 3 nitrogen and oxygen atoms in total. The maximum atomic E-state index is 9.31. The fourth-order valence-corrected chi connectivity index (χ4v) is 2.94. The molecule has 0 radical (unpaired) electrons. The van der Waals surface area contributed by atoms with E-state index in [-0.39, 0.29) is 0 Å². The predicted octanol–water partition coefficient (Wildman–Crippen LogP) is 2.06. The lowest BCUT2D eigenvalue weighted by atomic mass is 10.2. The average Bonchev–Trinajstić information content (AvgIpc) is 2.37. The van der Waals surface area contributed by atoms with Crippen LogP contribution in [0.1, 0.15) is 41.0 Å². The van der Waals surface area contributed by atoms with Gasteiger partial charge in [0, 0.05) is 0 Å². The summed E-state index contributed by atoms with van der Waals surface area (Å²) in [5, 5.41) is 9.31. The van der Waals surface area contributed by atoms with E-state index in [1.807, 2.05) is 0 Å². The molecule has 1 N–H and O–H groups in total. The third-order valence-electron chi connectivity index (χ3n) is 4.56. The Morgan fingerprint density at radius 2 is 1.12 bits per heavy atom. The molecular weight excluding hydrogens is 212 g/mol. The standard InChI is InChI=1S/C14H34N2O/c1-6-11-15(7-2,8-3)14-16(9-4,10-5)12-13-17/h17H,6-14H2,1-5H3/q+2. The van der Waals surface area contributed by atoms with E-state index in [1.54, 1.807) is 0 Å². The van der Waals surface area contributed by atoms with E-state index in [1.165, 1.54) is 37.2 Å². The second kappa shape index (κ2) is 8.06. The fraction of sp³-hybridized carbons (Fsp3) is 1.00. The Kier molecular flexibility index (Phi) is 8.01. The van der Waals surface area contributed by atoms with Crippen molar-refractivity contribution in [1.82, 2.24) is 0 Å². The van der Waals surface area contributed by atoms with Gasteiger partial charge in [0.15, 0.2) is 0 Å². The number of likely N-dealkylation sites (N-methyl/N-ethyl adjacent to an activating group) is 1. The van der Waals surface area contributed by atoms with Gasteiger partial charge in [0.05, 0.1) is 39.3 Å². The lowest BCUT2D eigenvalue weighted by Gasteiger charge is -2.45. The molecular formula is C14H34N2O+2. The van der Waals surface area contributed by atoms with Crippen LogP contribution in [0.25, 0.3) is 0 Å². The topological polar surface area (TPSA) is 20.2 Å². The van der Waals surface area contributed by atoms with Crippen molar-refractivity contribution in [2.45, 2.75) is 41.0 Å². The molecule has 0 fully saturated rings. The predicted molar refractivity (Wildman–Crippen MR) is 74.7 cm³/mol. The van der Waals surface area contributed by atoms with E-state index in [0.717, 1.165) is 24.1 Å². The lowest BCUT2D eigenvalue weighted by molar-refractivity contribution is -1.10. The van der Waals surface area contributed by atoms with E-state index in [9.17, 15) is 5.11 Å². The summed E-state index contributed by atoms with van der Waals surface area (Å²) in [6.07, 6.45) is 1.24. The Hall–Kier alpha value is -0.120. The smallest absolute Gasteiger partial charge is 0.207 e. The third kappa shape index (κ3) is 4.57. The van der Waals surface area contributed by atoms with Crippen LogP contribution in [0.15, 0.2) is 0 Å². The maximum Gasteiger partial charge on any atom is 0.207 e. The van der Waals surface area contributed by atoms with Crippen molar-refractivity contribution in [3.05, 3.63) is 0 Å². The normalized spacial score (nSPS) is 13.1. The highest BCUT2D eigenvalue weighted by molar-refractivity contribution is 4.40. The fourth-order valence-electron chi connectivity index (χ4n) is 2.94. The van der Waals surface area contributed by atoms with Gasteiger partial charge in [-0.25, -0.2) is 0 Å². The summed E-state index contributed by atoms with van der Waals surface area (Å²) in [5.41, 5.74) is 0. The summed E-state index contributed by atoms with van der Waals surface area (Å²) in [5.74, 6) is 0. The van der Waals surface area contributed by atoms with Crippen LogP contribution >= 0.6 is 0 Å². The largest absolute Gasteiger partial charge is 0.391 e. The van der Waals surface area contributed by atoms with Gasteiger partial charge in [-0.05, 0) is 34.1 Å². The Morgan fingerprint density at radius 1 is 0.706 bits per heavy atom. The van der Waals surface area contributed by atoms with E-state index < -0.39 is 0 Å². The number of aliphatic hydroxyl groups excluding tert-OH is 1. The van der Waals surface area contributed by atoms with Crippen molar-refractivity contribution < 1.29 is 14.1 Å². The van der Waals surface area contributed by atoms with Crippen LogP contribution < -0.4 is 0 Å². The molecule has 0 amide bonds. The zero-order chi connectivity index (χ0) is 13.4. The molecule has 0 saturated heterocycles. The van der Waals surface area contributed by atoms with Crippen LogP contribution in [-0.4, -0.2) is 66.6 Å². The van der Waals surface area contributed by atoms with Gasteiger partial charge in [-0.1, -0.05) is 6.92 Å². The summed E-state index contributed by atoms with van der Waals surface area (Å²) in [7, 11) is 0. The van der Waals surface area contributed by atoms with E-state index in [2.05, 4.69) is 34.6 Å². The molecule has 0 aromatic carbocycles. The first-order chi connectivity index (χ1) is 8.07. The van der Waals surface area contributed by atoms with Crippen molar-refractivity contribution in [3.8, 4) is 0 Å². The third-order valence-corrected chi connectivity index (χ3v) is 4.56. The highest BCUT2D eigenvalue weighted by Gasteiger charge is 2.35. The molecule has 0 heterocycles. The molecule has 0 aliphatic heterocycles. The van der Waals surface area contributed by atoms with Crippen LogP contribution in [-0.2, 0) is 0 Å². The molecule has 3 heteroatoms. The Balaban J connectivity index is 4.89. The number of aliphatic hydroxyl groups is 1. The molecule has 0 aliphatic carbocycles. The highest BCUT2D eigenvalue weighted by atomic mass is 16.3. The number of hydrogen-bond acceptors (Lipinski definition) is 1. The van der Waals surface area contributed by atoms with Crippen molar-refractivity contribution in [3.63, 3.8) is 0 Å². The minimum absolute atomic E-state index is 0.307. The molecule has 0 saturated carbocycles. The highest BCUT2D eigenvalue weighted by Crippen LogP contribution is 2.16. The Bertz CT molecular complexity index is 167. The first-order valence-electron chi connectivity index (χ1n) is 7.38. The molecule has 0 atom stereocenters. The minimum atomic E-state index is 0.307. The van der Waals surface area contributed by atoms with Gasteiger partial charge in [0.1, 0.15) is 6.54 Å². The molecule has 0 aromatic heterocycles. The van der Waals surface area contributed by atoms with E-state index in [0.29, 0.717) is 6.61 Å². The molecule has 0 aliphatic rings. The molecule has 0 rings (SSSR count). The van der Waals surface area contributed by atoms with Gasteiger partial charge in [-0.15, -0.1) is 0 Å². The van der Waals surface area contributed by atoms with Gasteiger partial charge in [0.2, 0.25) is 6.67 Å². The van der Waals surface area contributed by atoms with Gasteiger partial charge in [-0.3, -0.25) is 8.97 Å². The maximum absolute atomic E-state index is 9.31. The monoisotopic (exact) mass is 246 g/mol. The summed E-state index contributed by atoms with van der Waals surface area (Å²) < 4.78 is 2.25. The molecule has 0 aromatic rings. The van der Waals surface area contributed by atoms with Crippen LogP contribution in [0.4, 0.5) is 0 Å². The number of rotatable bonds is 10. The lowest BCUT2D eigenvalue weighted by Crippen LogP contribution is -2.63. The Labute approximate surface area is 108 Å². The summed E-state index contributed by atoms with van der Waals surface area (Å²) in [6, 6.07) is 0. The van der Waals surface area contributed by atoms with Gasteiger partial charge >= 0.3 is 0 Å². The average molecular weight is 246 g/mol. The molecule has 104 valence electrons. The first kappa shape index (κ1) is 16.9. The van der Waals surface area contributed by atoms with Gasteiger partial charge in [0.25, 0.3) is 0 Å². The first-order valence-corrected chi connectivity index (χ1v) is 7.38. The second-order valence-corrected chi connectivity index (χ2v) is 5.26. The summed E-state index contributed by atoms with van der Waals surface area (Å²) in [6.45, 7) is 19.7. The number of quaternary nitrogens is 2. The minimum Gasteiger partial charge on any atom is -0.391 e. The van der Waals surface area contributed by atoms with Crippen LogP contribution in [0.5, 0.6) is 0 Å². The van der Waals surface area contributed by atoms with Crippen LogP contribution in [0.2, 0.25) is 0 Å². The van der Waals surface area contributed by atoms with Crippen molar-refractivity contribution in [1.29, 1.82) is 0 Å². The summed E-state index contributed by atoms with van der Waals surface area (Å²) >= 11 is 0. The zero-order valence-electron chi connectivity index (χ0n) is 12.7.